The molecule has 1 unspecified atom stereocenters. The van der Waals surface area contributed by atoms with E-state index < -0.39 is 0 Å². The largest absolute Gasteiger partial charge is 0.419 e. The van der Waals surface area contributed by atoms with E-state index in [0.717, 1.165) is 29.7 Å². The van der Waals surface area contributed by atoms with Crippen LogP contribution in [0, 0.1) is 5.82 Å². The van der Waals surface area contributed by atoms with Crippen LogP contribution >= 0.6 is 0 Å². The molecule has 4 nitrogen and oxygen atoms in total. The van der Waals surface area contributed by atoms with E-state index >= 15 is 0 Å². The van der Waals surface area contributed by atoms with Crippen molar-refractivity contribution >= 4 is 5.69 Å². The molecule has 1 aliphatic heterocycles. The van der Waals surface area contributed by atoms with Crippen LogP contribution in [0.3, 0.4) is 0 Å². The van der Waals surface area contributed by atoms with Crippen LogP contribution in [0.1, 0.15) is 24.8 Å². The first-order valence-corrected chi connectivity index (χ1v) is 8.13. The minimum Gasteiger partial charge on any atom is -0.419 e. The molecule has 0 N–H and O–H groups in total. The Morgan fingerprint density at radius 3 is 2.83 bits per heavy atom. The molecule has 2 heterocycles. The standard InChI is InChI=1S/C19H18FN3O/c1-13-7-8-15-11-16(20)9-10-17(15)23(13)12-18-21-22-19(24-18)14-5-3-2-4-6-14/h2-6,9-11,13H,7-8,12H2,1H3. The maximum Gasteiger partial charge on any atom is 0.247 e. The summed E-state index contributed by atoms with van der Waals surface area (Å²) in [6.07, 6.45) is 1.87. The summed E-state index contributed by atoms with van der Waals surface area (Å²) in [6.45, 7) is 2.69. The summed E-state index contributed by atoms with van der Waals surface area (Å²) in [6, 6.07) is 15.0. The highest BCUT2D eigenvalue weighted by Crippen LogP contribution is 2.32. The highest BCUT2D eigenvalue weighted by Gasteiger charge is 2.25. The minimum absolute atomic E-state index is 0.188. The zero-order chi connectivity index (χ0) is 16.5. The number of anilines is 1. The molecule has 2 aromatic carbocycles. The fourth-order valence-corrected chi connectivity index (χ4v) is 3.19. The molecule has 0 fully saturated rings. The van der Waals surface area contributed by atoms with Gasteiger partial charge in [0.1, 0.15) is 5.82 Å². The predicted octanol–water partition coefficient (Wildman–Crippen LogP) is 4.22. The van der Waals surface area contributed by atoms with Crippen LogP contribution in [0.5, 0.6) is 0 Å². The van der Waals surface area contributed by atoms with E-state index in [1.165, 1.54) is 6.07 Å². The van der Waals surface area contributed by atoms with Crippen molar-refractivity contribution in [2.24, 2.45) is 0 Å². The zero-order valence-electron chi connectivity index (χ0n) is 13.4. The van der Waals surface area contributed by atoms with E-state index in [9.17, 15) is 4.39 Å². The second kappa shape index (κ2) is 6.07. The predicted molar refractivity (Wildman–Crippen MR) is 90.1 cm³/mol. The average molecular weight is 323 g/mol. The molecule has 5 heteroatoms. The Balaban J connectivity index is 1.61. The van der Waals surface area contributed by atoms with Crippen LogP contribution in [0.4, 0.5) is 10.1 Å². The Bertz CT molecular complexity index is 847. The summed E-state index contributed by atoms with van der Waals surface area (Å²) in [4.78, 5) is 2.21. The van der Waals surface area contributed by atoms with E-state index in [0.29, 0.717) is 24.4 Å². The fraction of sp³-hybridized carbons (Fsp3) is 0.263. The van der Waals surface area contributed by atoms with Crippen molar-refractivity contribution < 1.29 is 8.81 Å². The van der Waals surface area contributed by atoms with Gasteiger partial charge in [0.05, 0.1) is 6.54 Å². The molecule has 24 heavy (non-hydrogen) atoms. The molecule has 1 aromatic heterocycles. The fourth-order valence-electron chi connectivity index (χ4n) is 3.19. The van der Waals surface area contributed by atoms with Gasteiger partial charge in [-0.25, -0.2) is 4.39 Å². The normalized spacial score (nSPS) is 16.9. The monoisotopic (exact) mass is 323 g/mol. The van der Waals surface area contributed by atoms with Crippen LogP contribution in [0.2, 0.25) is 0 Å². The highest BCUT2D eigenvalue weighted by molar-refractivity contribution is 5.57. The Morgan fingerprint density at radius 1 is 1.17 bits per heavy atom. The van der Waals surface area contributed by atoms with Gasteiger partial charge in [-0.1, -0.05) is 18.2 Å². The first-order valence-electron chi connectivity index (χ1n) is 8.13. The summed E-state index contributed by atoms with van der Waals surface area (Å²) in [5.74, 6) is 0.903. The lowest BCUT2D eigenvalue weighted by Gasteiger charge is -2.36. The summed E-state index contributed by atoms with van der Waals surface area (Å²) in [5, 5.41) is 8.32. The number of aromatic nitrogens is 2. The molecule has 0 radical (unpaired) electrons. The zero-order valence-corrected chi connectivity index (χ0v) is 13.4. The lowest BCUT2D eigenvalue weighted by molar-refractivity contribution is 0.468. The minimum atomic E-state index is -0.188. The number of nitrogens with zero attached hydrogens (tertiary/aromatic N) is 3. The number of aryl methyl sites for hydroxylation is 1. The highest BCUT2D eigenvalue weighted by atomic mass is 19.1. The number of hydrogen-bond donors (Lipinski definition) is 0. The first-order chi connectivity index (χ1) is 11.7. The molecular formula is C19H18FN3O. The third-order valence-corrected chi connectivity index (χ3v) is 4.51. The third kappa shape index (κ3) is 2.77. The quantitative estimate of drug-likeness (QED) is 0.724. The van der Waals surface area contributed by atoms with Gasteiger partial charge in [-0.2, -0.15) is 0 Å². The van der Waals surface area contributed by atoms with Crippen molar-refractivity contribution in [1.29, 1.82) is 0 Å². The Labute approximate surface area is 139 Å². The van der Waals surface area contributed by atoms with Crippen LogP contribution in [-0.2, 0) is 13.0 Å². The van der Waals surface area contributed by atoms with Gasteiger partial charge in [0.15, 0.2) is 0 Å². The van der Waals surface area contributed by atoms with Gasteiger partial charge >= 0.3 is 0 Å². The van der Waals surface area contributed by atoms with Gasteiger partial charge in [0.25, 0.3) is 0 Å². The van der Waals surface area contributed by atoms with Crippen molar-refractivity contribution in [2.75, 3.05) is 4.90 Å². The van der Waals surface area contributed by atoms with Crippen molar-refractivity contribution in [3.05, 3.63) is 65.8 Å². The van der Waals surface area contributed by atoms with Crippen molar-refractivity contribution in [2.45, 2.75) is 32.4 Å². The van der Waals surface area contributed by atoms with Crippen molar-refractivity contribution in [3.63, 3.8) is 0 Å². The van der Waals surface area contributed by atoms with Gasteiger partial charge in [-0.05, 0) is 55.7 Å². The van der Waals surface area contributed by atoms with Crippen LogP contribution in [-0.4, -0.2) is 16.2 Å². The number of hydrogen-bond acceptors (Lipinski definition) is 4. The summed E-state index contributed by atoms with van der Waals surface area (Å²) >= 11 is 0. The van der Waals surface area contributed by atoms with Gasteiger partial charge in [0.2, 0.25) is 11.8 Å². The Kier molecular flexibility index (Phi) is 3.76. The van der Waals surface area contributed by atoms with Crippen LogP contribution < -0.4 is 4.90 Å². The topological polar surface area (TPSA) is 42.2 Å². The molecule has 0 bridgehead atoms. The number of fused-ring (bicyclic) bond motifs is 1. The van der Waals surface area contributed by atoms with Crippen molar-refractivity contribution in [3.8, 4) is 11.5 Å². The molecule has 1 aliphatic rings. The van der Waals surface area contributed by atoms with Crippen LogP contribution in [0.15, 0.2) is 52.9 Å². The number of rotatable bonds is 3. The molecule has 0 amide bonds. The Morgan fingerprint density at radius 2 is 2.00 bits per heavy atom. The summed E-state index contributed by atoms with van der Waals surface area (Å²) in [5.41, 5.74) is 3.00. The smallest absolute Gasteiger partial charge is 0.247 e. The summed E-state index contributed by atoms with van der Waals surface area (Å²) in [7, 11) is 0. The molecule has 0 aliphatic carbocycles. The molecule has 3 aromatic rings. The van der Waals surface area contributed by atoms with Gasteiger partial charge in [-0.15, -0.1) is 10.2 Å². The molecule has 4 rings (SSSR count). The van der Waals surface area contributed by atoms with Crippen molar-refractivity contribution in [1.82, 2.24) is 10.2 Å². The van der Waals surface area contributed by atoms with Crippen LogP contribution in [0.25, 0.3) is 11.5 Å². The third-order valence-electron chi connectivity index (χ3n) is 4.51. The van der Waals surface area contributed by atoms with Gasteiger partial charge in [0, 0.05) is 17.3 Å². The van der Waals surface area contributed by atoms with E-state index in [1.807, 2.05) is 36.4 Å². The number of benzene rings is 2. The Hall–Kier alpha value is -2.69. The van der Waals surface area contributed by atoms with E-state index in [4.69, 9.17) is 4.42 Å². The molecular weight excluding hydrogens is 305 g/mol. The molecule has 0 saturated heterocycles. The lowest BCUT2D eigenvalue weighted by atomic mass is 9.96. The van der Waals surface area contributed by atoms with E-state index in [-0.39, 0.29) is 5.82 Å². The molecule has 1 atom stereocenters. The SMILES string of the molecule is CC1CCc2cc(F)ccc2N1Cc1nnc(-c2ccccc2)o1. The average Bonchev–Trinajstić information content (AvgIpc) is 3.07. The molecule has 0 spiro atoms. The second-order valence-corrected chi connectivity index (χ2v) is 6.16. The van der Waals surface area contributed by atoms with E-state index in [2.05, 4.69) is 22.0 Å². The summed E-state index contributed by atoms with van der Waals surface area (Å²) < 4.78 is 19.3. The van der Waals surface area contributed by atoms with Gasteiger partial charge in [-0.3, -0.25) is 0 Å². The van der Waals surface area contributed by atoms with Gasteiger partial charge < -0.3 is 9.32 Å². The maximum atomic E-state index is 13.5. The number of halogens is 1. The maximum absolute atomic E-state index is 13.5. The second-order valence-electron chi connectivity index (χ2n) is 6.16. The first kappa shape index (κ1) is 14.9. The lowest BCUT2D eigenvalue weighted by Crippen LogP contribution is -2.36. The molecule has 0 saturated carbocycles. The van der Waals surface area contributed by atoms with E-state index in [1.54, 1.807) is 6.07 Å². The molecule has 122 valence electrons.